The number of benzene rings is 2. The van der Waals surface area contributed by atoms with Gasteiger partial charge >= 0.3 is 5.97 Å². The van der Waals surface area contributed by atoms with E-state index in [1.165, 1.54) is 18.7 Å². The second-order valence-corrected chi connectivity index (χ2v) is 6.41. The SMILES string of the molecule is O=C(O)CN(C(=O)c1cc(-c2ccccc2)n(-c2ccccc2)n1)c1cncnc1. The predicted octanol–water partition coefficient (Wildman–Crippen LogP) is 3.06. The molecule has 0 atom stereocenters. The van der Waals surface area contributed by atoms with E-state index in [9.17, 15) is 14.7 Å². The summed E-state index contributed by atoms with van der Waals surface area (Å²) in [5.41, 5.74) is 2.76. The molecule has 0 unspecified atom stereocenters. The van der Waals surface area contributed by atoms with Crippen molar-refractivity contribution in [2.24, 2.45) is 0 Å². The lowest BCUT2D eigenvalue weighted by Gasteiger charge is -2.18. The van der Waals surface area contributed by atoms with Gasteiger partial charge in [0, 0.05) is 5.56 Å². The van der Waals surface area contributed by atoms with Gasteiger partial charge in [0.05, 0.1) is 29.5 Å². The van der Waals surface area contributed by atoms with E-state index in [0.29, 0.717) is 5.69 Å². The summed E-state index contributed by atoms with van der Waals surface area (Å²) in [7, 11) is 0. The molecule has 2 aromatic heterocycles. The Balaban J connectivity index is 1.81. The summed E-state index contributed by atoms with van der Waals surface area (Å²) in [5, 5.41) is 13.8. The van der Waals surface area contributed by atoms with Crippen molar-refractivity contribution in [1.82, 2.24) is 19.7 Å². The highest BCUT2D eigenvalue weighted by Crippen LogP contribution is 2.25. The van der Waals surface area contributed by atoms with Gasteiger partial charge in [-0.05, 0) is 18.2 Å². The Morgan fingerprint density at radius 1 is 0.933 bits per heavy atom. The van der Waals surface area contributed by atoms with Crippen LogP contribution in [0, 0.1) is 0 Å². The minimum absolute atomic E-state index is 0.114. The van der Waals surface area contributed by atoms with Gasteiger partial charge in [-0.25, -0.2) is 14.6 Å². The number of aliphatic carboxylic acids is 1. The van der Waals surface area contributed by atoms with Gasteiger partial charge in [-0.1, -0.05) is 48.5 Å². The molecule has 0 radical (unpaired) electrons. The van der Waals surface area contributed by atoms with Crippen molar-refractivity contribution in [3.63, 3.8) is 0 Å². The molecule has 1 amide bonds. The maximum atomic E-state index is 13.2. The molecule has 4 rings (SSSR count). The molecule has 0 bridgehead atoms. The summed E-state index contributed by atoms with van der Waals surface area (Å²) in [4.78, 5) is 33.5. The summed E-state index contributed by atoms with van der Waals surface area (Å²) >= 11 is 0. The van der Waals surface area contributed by atoms with Crippen molar-refractivity contribution in [2.75, 3.05) is 11.4 Å². The third-order valence-corrected chi connectivity index (χ3v) is 4.40. The van der Waals surface area contributed by atoms with E-state index in [-0.39, 0.29) is 11.4 Å². The average Bonchev–Trinajstić information content (AvgIpc) is 3.24. The van der Waals surface area contributed by atoms with E-state index >= 15 is 0 Å². The van der Waals surface area contributed by atoms with Crippen molar-refractivity contribution >= 4 is 17.6 Å². The molecule has 0 aliphatic rings. The van der Waals surface area contributed by atoms with E-state index in [2.05, 4.69) is 15.1 Å². The lowest BCUT2D eigenvalue weighted by Crippen LogP contribution is -2.36. The van der Waals surface area contributed by atoms with Gasteiger partial charge in [-0.2, -0.15) is 5.10 Å². The van der Waals surface area contributed by atoms with Crippen LogP contribution in [0.4, 0.5) is 5.69 Å². The topological polar surface area (TPSA) is 101 Å². The summed E-state index contributed by atoms with van der Waals surface area (Å²) in [5.74, 6) is -1.71. The van der Waals surface area contributed by atoms with Crippen molar-refractivity contribution < 1.29 is 14.7 Å². The van der Waals surface area contributed by atoms with Crippen LogP contribution in [-0.2, 0) is 4.79 Å². The predicted molar refractivity (Wildman–Crippen MR) is 110 cm³/mol. The first-order valence-electron chi connectivity index (χ1n) is 9.13. The molecule has 0 saturated carbocycles. The fourth-order valence-electron chi connectivity index (χ4n) is 3.05. The Kier molecular flexibility index (Phi) is 5.29. The molecular formula is C22H17N5O3. The van der Waals surface area contributed by atoms with Crippen LogP contribution in [-0.4, -0.2) is 43.3 Å². The highest BCUT2D eigenvalue weighted by molar-refractivity contribution is 6.07. The van der Waals surface area contributed by atoms with Crippen LogP contribution in [0.25, 0.3) is 16.9 Å². The smallest absolute Gasteiger partial charge is 0.323 e. The zero-order valence-electron chi connectivity index (χ0n) is 15.8. The quantitative estimate of drug-likeness (QED) is 0.535. The number of rotatable bonds is 6. The van der Waals surface area contributed by atoms with Crippen LogP contribution in [0.2, 0.25) is 0 Å². The molecule has 148 valence electrons. The highest BCUT2D eigenvalue weighted by atomic mass is 16.4. The van der Waals surface area contributed by atoms with E-state index in [1.807, 2.05) is 60.7 Å². The highest BCUT2D eigenvalue weighted by Gasteiger charge is 2.25. The molecule has 8 heteroatoms. The Morgan fingerprint density at radius 3 is 2.20 bits per heavy atom. The molecule has 8 nitrogen and oxygen atoms in total. The lowest BCUT2D eigenvalue weighted by molar-refractivity contribution is -0.135. The number of nitrogens with zero attached hydrogens (tertiary/aromatic N) is 5. The largest absolute Gasteiger partial charge is 0.480 e. The second-order valence-electron chi connectivity index (χ2n) is 6.41. The first kappa shape index (κ1) is 19.0. The van der Waals surface area contributed by atoms with Gasteiger partial charge in [0.25, 0.3) is 5.91 Å². The number of hydrogen-bond donors (Lipinski definition) is 1. The summed E-state index contributed by atoms with van der Waals surface area (Å²) < 4.78 is 1.67. The molecule has 30 heavy (non-hydrogen) atoms. The summed E-state index contributed by atoms with van der Waals surface area (Å²) in [6, 6.07) is 20.6. The van der Waals surface area contributed by atoms with Crippen LogP contribution in [0.3, 0.4) is 0 Å². The van der Waals surface area contributed by atoms with Crippen molar-refractivity contribution in [2.45, 2.75) is 0 Å². The molecule has 0 saturated heterocycles. The van der Waals surface area contributed by atoms with Crippen molar-refractivity contribution in [3.8, 4) is 16.9 Å². The van der Waals surface area contributed by atoms with Crippen LogP contribution >= 0.6 is 0 Å². The van der Waals surface area contributed by atoms with Gasteiger partial charge in [0.2, 0.25) is 0 Å². The number of carbonyl (C=O) groups excluding carboxylic acids is 1. The average molecular weight is 399 g/mol. The summed E-state index contributed by atoms with van der Waals surface area (Å²) in [6.07, 6.45) is 4.09. The zero-order chi connectivity index (χ0) is 20.9. The number of anilines is 1. The molecule has 1 N–H and O–H groups in total. The Labute approximate surface area is 172 Å². The zero-order valence-corrected chi connectivity index (χ0v) is 15.8. The minimum atomic E-state index is -1.15. The van der Waals surface area contributed by atoms with Crippen LogP contribution in [0.15, 0.2) is 85.5 Å². The molecule has 0 spiro atoms. The number of hydrogen-bond acceptors (Lipinski definition) is 5. The van der Waals surface area contributed by atoms with E-state index in [4.69, 9.17) is 0 Å². The Bertz CT molecular complexity index is 1100. The number of carbonyl (C=O) groups is 2. The fourth-order valence-corrected chi connectivity index (χ4v) is 3.05. The van der Waals surface area contributed by atoms with Gasteiger partial charge in [-0.15, -0.1) is 0 Å². The number of carboxylic acid groups (broad SMARTS) is 1. The number of amides is 1. The van der Waals surface area contributed by atoms with Crippen molar-refractivity contribution in [1.29, 1.82) is 0 Å². The monoisotopic (exact) mass is 399 g/mol. The standard InChI is InChI=1S/C22H17N5O3/c28-21(29)14-26(18-12-23-15-24-13-18)22(30)19-11-20(16-7-3-1-4-8-16)27(25-19)17-9-5-2-6-10-17/h1-13,15H,14H2,(H,28,29). The maximum absolute atomic E-state index is 13.2. The molecule has 0 fully saturated rings. The third kappa shape index (κ3) is 3.93. The molecular weight excluding hydrogens is 382 g/mol. The molecule has 4 aromatic rings. The van der Waals surface area contributed by atoms with E-state index < -0.39 is 18.4 Å². The Morgan fingerprint density at radius 2 is 1.57 bits per heavy atom. The molecule has 2 heterocycles. The maximum Gasteiger partial charge on any atom is 0.323 e. The van der Waals surface area contributed by atoms with Crippen LogP contribution in [0.5, 0.6) is 0 Å². The second kappa shape index (κ2) is 8.36. The van der Waals surface area contributed by atoms with Gasteiger partial charge in [-0.3, -0.25) is 14.5 Å². The summed E-state index contributed by atoms with van der Waals surface area (Å²) in [6.45, 7) is -0.537. The molecule has 2 aromatic carbocycles. The Hall–Kier alpha value is -4.33. The third-order valence-electron chi connectivity index (χ3n) is 4.40. The van der Waals surface area contributed by atoms with E-state index in [1.54, 1.807) is 10.7 Å². The normalized spacial score (nSPS) is 10.5. The first-order chi connectivity index (χ1) is 14.6. The fraction of sp³-hybridized carbons (Fsp3) is 0.0455. The number of para-hydroxylation sites is 1. The van der Waals surface area contributed by atoms with Crippen molar-refractivity contribution in [3.05, 3.63) is 91.1 Å². The lowest BCUT2D eigenvalue weighted by atomic mass is 10.1. The molecule has 0 aliphatic heterocycles. The van der Waals surface area contributed by atoms with Gasteiger partial charge in [0.1, 0.15) is 12.9 Å². The minimum Gasteiger partial charge on any atom is -0.480 e. The number of aromatic nitrogens is 4. The molecule has 0 aliphatic carbocycles. The first-order valence-corrected chi connectivity index (χ1v) is 9.13. The van der Waals surface area contributed by atoms with Crippen LogP contribution in [0.1, 0.15) is 10.5 Å². The van der Waals surface area contributed by atoms with Crippen LogP contribution < -0.4 is 4.90 Å². The van der Waals surface area contributed by atoms with Gasteiger partial charge < -0.3 is 5.11 Å². The number of carboxylic acids is 1. The van der Waals surface area contributed by atoms with Gasteiger partial charge in [0.15, 0.2) is 5.69 Å². The van der Waals surface area contributed by atoms with E-state index in [0.717, 1.165) is 16.2 Å².